The molecule has 2 N–H and O–H groups in total. The van der Waals surface area contributed by atoms with Crippen molar-refractivity contribution in [1.29, 1.82) is 0 Å². The SMILES string of the molecule is CS(=O)(=O)N1CCc2c(c(-c3ccc(C(F)(F)F)c(CNC(=O)c4ccc(F)cc4F)c3)nn2CC(O)CN2CCCC2)C1. The first kappa shape index (κ1) is 32.0. The number of hydrogen-bond donors (Lipinski definition) is 2. The lowest BCUT2D eigenvalue weighted by Gasteiger charge is -2.26. The van der Waals surface area contributed by atoms with Crippen LogP contribution < -0.4 is 5.32 Å². The van der Waals surface area contributed by atoms with Crippen LogP contribution in [0.15, 0.2) is 36.4 Å². The number of aliphatic hydroxyl groups excluding tert-OH is 1. The van der Waals surface area contributed by atoms with Gasteiger partial charge in [-0.2, -0.15) is 22.6 Å². The lowest BCUT2D eigenvalue weighted by Crippen LogP contribution is -2.37. The number of aromatic nitrogens is 2. The number of nitrogens with one attached hydrogen (secondary N) is 1. The predicted molar refractivity (Wildman–Crippen MR) is 151 cm³/mol. The maximum atomic E-state index is 14.1. The molecule has 0 aliphatic carbocycles. The summed E-state index contributed by atoms with van der Waals surface area (Å²) in [6, 6.07) is 5.53. The summed E-state index contributed by atoms with van der Waals surface area (Å²) in [6.07, 6.45) is -2.10. The maximum Gasteiger partial charge on any atom is 0.416 e. The Kier molecular flexibility index (Phi) is 9.12. The van der Waals surface area contributed by atoms with Crippen molar-refractivity contribution in [1.82, 2.24) is 24.3 Å². The van der Waals surface area contributed by atoms with Gasteiger partial charge in [0.25, 0.3) is 5.91 Å². The second-order valence-electron chi connectivity index (χ2n) is 11.1. The molecule has 238 valence electrons. The molecule has 0 radical (unpaired) electrons. The first-order chi connectivity index (χ1) is 20.7. The largest absolute Gasteiger partial charge is 0.416 e. The summed E-state index contributed by atoms with van der Waals surface area (Å²) < 4.78 is 96.9. The zero-order valence-electron chi connectivity index (χ0n) is 23.9. The zero-order chi connectivity index (χ0) is 31.8. The molecule has 44 heavy (non-hydrogen) atoms. The number of alkyl halides is 3. The molecule has 1 fully saturated rings. The summed E-state index contributed by atoms with van der Waals surface area (Å²) in [5.74, 6) is -3.10. The van der Waals surface area contributed by atoms with Crippen LogP contribution in [0.2, 0.25) is 0 Å². The van der Waals surface area contributed by atoms with E-state index in [1.165, 1.54) is 16.4 Å². The van der Waals surface area contributed by atoms with E-state index in [0.29, 0.717) is 30.3 Å². The van der Waals surface area contributed by atoms with Crippen molar-refractivity contribution >= 4 is 15.9 Å². The summed E-state index contributed by atoms with van der Waals surface area (Å²) in [6.45, 7) is 1.79. The van der Waals surface area contributed by atoms with E-state index in [2.05, 4.69) is 15.3 Å². The van der Waals surface area contributed by atoms with Crippen molar-refractivity contribution in [2.75, 3.05) is 32.4 Å². The summed E-state index contributed by atoms with van der Waals surface area (Å²) in [7, 11) is -3.59. The summed E-state index contributed by atoms with van der Waals surface area (Å²) >= 11 is 0. The minimum absolute atomic E-state index is 0.0529. The molecule has 5 rings (SSSR count). The fraction of sp³-hybridized carbons (Fsp3) is 0.448. The predicted octanol–water partition coefficient (Wildman–Crippen LogP) is 3.55. The van der Waals surface area contributed by atoms with E-state index < -0.39 is 57.5 Å². The van der Waals surface area contributed by atoms with Gasteiger partial charge in [0.15, 0.2) is 0 Å². The lowest BCUT2D eigenvalue weighted by atomic mass is 9.97. The molecule has 2 aliphatic rings. The van der Waals surface area contributed by atoms with E-state index in [4.69, 9.17) is 0 Å². The van der Waals surface area contributed by atoms with Crippen LogP contribution in [0.5, 0.6) is 0 Å². The fourth-order valence-electron chi connectivity index (χ4n) is 5.76. The molecule has 2 aliphatic heterocycles. The van der Waals surface area contributed by atoms with Gasteiger partial charge in [-0.15, -0.1) is 0 Å². The average molecular weight is 642 g/mol. The van der Waals surface area contributed by atoms with Gasteiger partial charge >= 0.3 is 6.18 Å². The van der Waals surface area contributed by atoms with Crippen molar-refractivity contribution < 1.29 is 40.3 Å². The van der Waals surface area contributed by atoms with Gasteiger partial charge in [0, 0.05) is 55.5 Å². The number of fused-ring (bicyclic) bond motifs is 1. The van der Waals surface area contributed by atoms with Crippen LogP contribution in [0.3, 0.4) is 0 Å². The Morgan fingerprint density at radius 2 is 1.80 bits per heavy atom. The Morgan fingerprint density at radius 1 is 1.07 bits per heavy atom. The molecule has 3 heterocycles. The van der Waals surface area contributed by atoms with E-state index in [1.54, 1.807) is 4.68 Å². The first-order valence-corrected chi connectivity index (χ1v) is 15.9. The Morgan fingerprint density at radius 3 is 2.45 bits per heavy atom. The Bertz CT molecular complexity index is 1650. The molecule has 15 heteroatoms. The number of sulfonamides is 1. The van der Waals surface area contributed by atoms with Crippen molar-refractivity contribution in [2.24, 2.45) is 0 Å². The molecule has 1 atom stereocenters. The number of benzene rings is 2. The highest BCUT2D eigenvalue weighted by molar-refractivity contribution is 7.88. The highest BCUT2D eigenvalue weighted by Crippen LogP contribution is 2.37. The van der Waals surface area contributed by atoms with Gasteiger partial charge in [-0.25, -0.2) is 17.2 Å². The number of rotatable bonds is 9. The summed E-state index contributed by atoms with van der Waals surface area (Å²) in [4.78, 5) is 14.7. The van der Waals surface area contributed by atoms with Gasteiger partial charge in [-0.1, -0.05) is 6.07 Å². The van der Waals surface area contributed by atoms with Crippen LogP contribution in [0.4, 0.5) is 22.0 Å². The highest BCUT2D eigenvalue weighted by atomic mass is 32.2. The van der Waals surface area contributed by atoms with Crippen molar-refractivity contribution in [3.05, 3.63) is 76.0 Å². The fourth-order valence-corrected chi connectivity index (χ4v) is 6.55. The normalized spacial score (nSPS) is 17.1. The molecule has 2 aromatic carbocycles. The van der Waals surface area contributed by atoms with Crippen LogP contribution in [-0.4, -0.2) is 77.0 Å². The van der Waals surface area contributed by atoms with Crippen molar-refractivity contribution in [2.45, 2.75) is 51.2 Å². The van der Waals surface area contributed by atoms with Gasteiger partial charge in [-0.3, -0.25) is 9.48 Å². The minimum Gasteiger partial charge on any atom is -0.390 e. The van der Waals surface area contributed by atoms with Gasteiger partial charge in [0.2, 0.25) is 10.0 Å². The number of hydrogen-bond acceptors (Lipinski definition) is 6. The second kappa shape index (κ2) is 12.5. The van der Waals surface area contributed by atoms with Crippen molar-refractivity contribution in [3.63, 3.8) is 0 Å². The first-order valence-electron chi connectivity index (χ1n) is 14.1. The molecule has 3 aromatic rings. The quantitative estimate of drug-likeness (QED) is 0.347. The van der Waals surface area contributed by atoms with Crippen LogP contribution in [0, 0.1) is 11.6 Å². The number of β-amino-alcohol motifs (C(OH)–C–C–N with tert-alkyl or cyclic N) is 1. The molecular formula is C29H32F5N5O4S. The molecule has 0 saturated carbocycles. The van der Waals surface area contributed by atoms with Crippen LogP contribution >= 0.6 is 0 Å². The molecule has 1 aromatic heterocycles. The molecule has 1 unspecified atom stereocenters. The van der Waals surface area contributed by atoms with E-state index in [1.807, 2.05) is 0 Å². The molecule has 9 nitrogen and oxygen atoms in total. The van der Waals surface area contributed by atoms with Gasteiger partial charge in [-0.05, 0) is 55.8 Å². The highest BCUT2D eigenvalue weighted by Gasteiger charge is 2.35. The van der Waals surface area contributed by atoms with Crippen LogP contribution in [0.25, 0.3) is 11.3 Å². The number of nitrogens with zero attached hydrogens (tertiary/aromatic N) is 4. The summed E-state index contributed by atoms with van der Waals surface area (Å²) in [5, 5.41) is 17.7. The van der Waals surface area contributed by atoms with Gasteiger partial charge < -0.3 is 15.3 Å². The van der Waals surface area contributed by atoms with Gasteiger partial charge in [0.1, 0.15) is 11.6 Å². The molecule has 1 saturated heterocycles. The molecule has 0 bridgehead atoms. The molecular weight excluding hydrogens is 609 g/mol. The van der Waals surface area contributed by atoms with E-state index >= 15 is 0 Å². The lowest BCUT2D eigenvalue weighted by molar-refractivity contribution is -0.138. The number of likely N-dealkylation sites (tertiary alicyclic amines) is 1. The summed E-state index contributed by atoms with van der Waals surface area (Å²) in [5.41, 5.74) is -0.202. The van der Waals surface area contributed by atoms with Crippen LogP contribution in [0.1, 0.15) is 45.6 Å². The Hall–Kier alpha value is -3.40. The zero-order valence-corrected chi connectivity index (χ0v) is 24.7. The number of carbonyl (C=O) groups excluding carboxylic acids is 1. The molecule has 1 amide bonds. The third kappa shape index (κ3) is 7.11. The maximum absolute atomic E-state index is 14.1. The van der Waals surface area contributed by atoms with E-state index in [-0.39, 0.29) is 36.5 Å². The van der Waals surface area contributed by atoms with E-state index in [9.17, 15) is 40.3 Å². The van der Waals surface area contributed by atoms with Crippen LogP contribution in [-0.2, 0) is 42.3 Å². The minimum atomic E-state index is -4.79. The third-order valence-electron chi connectivity index (χ3n) is 7.92. The second-order valence-corrected chi connectivity index (χ2v) is 13.1. The topological polar surface area (TPSA) is 108 Å². The number of aliphatic hydroxyl groups is 1. The standard InChI is InChI=1S/C29H32F5N5O4S/c1-44(42,43)38-11-8-26-23(17-38)27(36-39(26)16-21(40)15-37-9-2-3-10-37)18-4-7-24(29(32,33)34)19(12-18)14-35-28(41)22-6-5-20(30)13-25(22)31/h4-7,12-13,21,40H,2-3,8-11,14-17H2,1H3,(H,35,41). The number of carbonyl (C=O) groups is 1. The monoisotopic (exact) mass is 641 g/mol. The average Bonchev–Trinajstić information content (AvgIpc) is 3.58. The number of halogens is 5. The Labute approximate surface area is 251 Å². The smallest absolute Gasteiger partial charge is 0.390 e. The molecule has 0 spiro atoms. The Balaban J connectivity index is 1.49. The van der Waals surface area contributed by atoms with Gasteiger partial charge in [0.05, 0.1) is 35.7 Å². The number of amides is 1. The third-order valence-corrected chi connectivity index (χ3v) is 9.17. The van der Waals surface area contributed by atoms with E-state index in [0.717, 1.165) is 50.4 Å². The van der Waals surface area contributed by atoms with Crippen molar-refractivity contribution in [3.8, 4) is 11.3 Å².